The van der Waals surface area contributed by atoms with Crippen molar-refractivity contribution in [1.29, 1.82) is 0 Å². The second-order valence-corrected chi connectivity index (χ2v) is 18.3. The number of sulfone groups is 1. The largest absolute Gasteiger partial charge is 0.480 e. The highest BCUT2D eigenvalue weighted by Gasteiger charge is 2.27. The van der Waals surface area contributed by atoms with Gasteiger partial charge in [-0.05, 0) is 111 Å². The topological polar surface area (TPSA) is 125 Å². The van der Waals surface area contributed by atoms with Crippen molar-refractivity contribution in [2.24, 2.45) is 5.92 Å². The molecule has 3 N–H and O–H groups in total. The molecule has 2 aromatic rings. The molecule has 294 valence electrons. The number of carbonyl (C=O) groups is 2. The van der Waals surface area contributed by atoms with Crippen LogP contribution in [0, 0.1) is 12.8 Å². The van der Waals surface area contributed by atoms with E-state index >= 15 is 0 Å². The summed E-state index contributed by atoms with van der Waals surface area (Å²) < 4.78 is 28.4. The van der Waals surface area contributed by atoms with Crippen LogP contribution in [-0.2, 0) is 25.9 Å². The number of methoxy groups -OCH3 is 1. The Morgan fingerprint density at radius 3 is 2.37 bits per heavy atom. The molecule has 2 unspecified atom stereocenters. The van der Waals surface area contributed by atoms with Gasteiger partial charge in [-0.15, -0.1) is 0 Å². The molecular weight excluding hydrogens is 715 g/mol. The van der Waals surface area contributed by atoms with Gasteiger partial charge in [0.25, 0.3) is 5.91 Å². The van der Waals surface area contributed by atoms with Gasteiger partial charge in [0.2, 0.25) is 0 Å². The van der Waals surface area contributed by atoms with Gasteiger partial charge < -0.3 is 20.5 Å². The van der Waals surface area contributed by atoms with E-state index in [2.05, 4.69) is 42.0 Å². The lowest BCUT2D eigenvalue weighted by Gasteiger charge is -2.24. The van der Waals surface area contributed by atoms with Crippen LogP contribution in [0.5, 0.6) is 0 Å². The number of nitrogens with one attached hydrogen (secondary N) is 2. The number of nitrogens with zero attached hydrogens (tertiary/aromatic N) is 1. The molecule has 12 heteroatoms. The smallest absolute Gasteiger partial charge is 0.326 e. The predicted octanol–water partition coefficient (Wildman–Crippen LogP) is 7.12. The molecule has 1 heterocycles. The Bertz CT molecular complexity index is 1450. The van der Waals surface area contributed by atoms with Crippen LogP contribution in [0.1, 0.15) is 93.1 Å². The number of thiol groups is 1. The fourth-order valence-corrected chi connectivity index (χ4v) is 8.52. The van der Waals surface area contributed by atoms with E-state index in [1.807, 2.05) is 62.1 Å². The molecule has 2 aliphatic rings. The van der Waals surface area contributed by atoms with Crippen molar-refractivity contribution in [3.8, 4) is 11.1 Å². The molecule has 0 bridgehead atoms. The van der Waals surface area contributed by atoms with Gasteiger partial charge in [0.05, 0.1) is 12.4 Å². The molecular formula is C40H65N3O6S3. The minimum atomic E-state index is -3.36. The van der Waals surface area contributed by atoms with Gasteiger partial charge in [-0.1, -0.05) is 63.4 Å². The SMILES string of the molecule is CCCSC(C)CNC.COC[C@@H]1CCCN1Cc1ccc(C(=O)NC(CCS(C)(=O)=O)C(=O)O)c(-c2ccccc2C)c1.SCC1CCCCC1. The number of aliphatic carboxylic acids is 1. The average molecular weight is 780 g/mol. The van der Waals surface area contributed by atoms with Crippen LogP contribution < -0.4 is 10.6 Å². The second kappa shape index (κ2) is 25.1. The summed E-state index contributed by atoms with van der Waals surface area (Å²) in [5.74, 6) is 1.21. The first kappa shape index (κ1) is 46.1. The standard InChI is InChI=1S/C26H34N2O6S.C7H17NS.C7H14S/c1-18-7-4-5-9-21(18)23-15-19(16-28-13-6-8-20(28)17-34-2)10-11-22(23)25(29)27-24(26(30)31)12-14-35(3,32)33;1-4-5-9-7(2)6-8-3;8-6-7-4-2-1-3-5-7/h4-5,7,9-11,15,20,24H,6,8,12-14,16-17H2,1-3H3,(H,27,29)(H,30,31);7-8H,4-6H2,1-3H3;7-8H,1-6H2/t20-,24?;;/m0../s1. The van der Waals surface area contributed by atoms with E-state index in [1.54, 1.807) is 13.2 Å². The highest BCUT2D eigenvalue weighted by atomic mass is 32.2. The van der Waals surface area contributed by atoms with E-state index in [9.17, 15) is 23.1 Å². The lowest BCUT2D eigenvalue weighted by Crippen LogP contribution is -2.42. The molecule has 52 heavy (non-hydrogen) atoms. The Kier molecular flexibility index (Phi) is 22.2. The average Bonchev–Trinajstić information content (AvgIpc) is 3.56. The van der Waals surface area contributed by atoms with Crippen LogP contribution in [0.3, 0.4) is 0 Å². The summed E-state index contributed by atoms with van der Waals surface area (Å²) in [6, 6.07) is 12.4. The fraction of sp³-hybridized carbons (Fsp3) is 0.650. The number of amides is 1. The fourth-order valence-electron chi connectivity index (χ4n) is 6.57. The number of carbonyl (C=O) groups excluding carboxylic acids is 1. The molecule has 1 saturated carbocycles. The summed E-state index contributed by atoms with van der Waals surface area (Å²) in [5.41, 5.74) is 3.99. The number of ether oxygens (including phenoxy) is 1. The van der Waals surface area contributed by atoms with Crippen LogP contribution in [0.15, 0.2) is 42.5 Å². The number of carboxylic acid groups (broad SMARTS) is 1. The number of benzene rings is 2. The number of likely N-dealkylation sites (tertiary alicyclic amines) is 1. The molecule has 1 saturated heterocycles. The zero-order valence-electron chi connectivity index (χ0n) is 32.4. The van der Waals surface area contributed by atoms with Gasteiger partial charge >= 0.3 is 5.97 Å². The molecule has 1 aliphatic carbocycles. The maximum Gasteiger partial charge on any atom is 0.326 e. The van der Waals surface area contributed by atoms with E-state index < -0.39 is 27.8 Å². The Labute approximate surface area is 324 Å². The molecule has 0 spiro atoms. The zero-order chi connectivity index (χ0) is 38.5. The van der Waals surface area contributed by atoms with Crippen LogP contribution in [0.4, 0.5) is 0 Å². The van der Waals surface area contributed by atoms with Crippen molar-refractivity contribution in [3.63, 3.8) is 0 Å². The van der Waals surface area contributed by atoms with E-state index in [1.165, 1.54) is 44.3 Å². The molecule has 2 aromatic carbocycles. The summed E-state index contributed by atoms with van der Waals surface area (Å²) in [6.07, 6.45) is 11.6. The summed E-state index contributed by atoms with van der Waals surface area (Å²) >= 11 is 6.30. The van der Waals surface area contributed by atoms with Crippen LogP contribution in [0.2, 0.25) is 0 Å². The van der Waals surface area contributed by atoms with Gasteiger partial charge in [0, 0.05) is 43.3 Å². The molecule has 9 nitrogen and oxygen atoms in total. The highest BCUT2D eigenvalue weighted by Crippen LogP contribution is 2.30. The molecule has 3 atom stereocenters. The minimum absolute atomic E-state index is 0.201. The third kappa shape index (κ3) is 17.4. The lowest BCUT2D eigenvalue weighted by atomic mass is 9.91. The maximum atomic E-state index is 13.2. The Balaban J connectivity index is 0.000000449. The van der Waals surface area contributed by atoms with Crippen LogP contribution in [-0.4, -0.2) is 105 Å². The number of hydrogen-bond donors (Lipinski definition) is 4. The summed E-state index contributed by atoms with van der Waals surface area (Å²) in [4.78, 5) is 27.3. The second-order valence-electron chi connectivity index (χ2n) is 14.1. The molecule has 1 aliphatic heterocycles. The van der Waals surface area contributed by atoms with Gasteiger partial charge in [0.15, 0.2) is 0 Å². The number of hydrogen-bond acceptors (Lipinski definition) is 9. The van der Waals surface area contributed by atoms with Crippen molar-refractivity contribution in [2.75, 3.05) is 57.4 Å². The molecule has 0 aromatic heterocycles. The number of carboxylic acids is 1. The van der Waals surface area contributed by atoms with E-state index in [0.29, 0.717) is 23.8 Å². The van der Waals surface area contributed by atoms with Gasteiger partial charge in [0.1, 0.15) is 15.9 Å². The lowest BCUT2D eigenvalue weighted by molar-refractivity contribution is -0.139. The predicted molar refractivity (Wildman–Crippen MR) is 222 cm³/mol. The molecule has 0 radical (unpaired) electrons. The van der Waals surface area contributed by atoms with Gasteiger partial charge in [-0.3, -0.25) is 9.69 Å². The number of thioether (sulfide) groups is 1. The van der Waals surface area contributed by atoms with Gasteiger partial charge in [-0.25, -0.2) is 13.2 Å². The first-order chi connectivity index (χ1) is 24.8. The van der Waals surface area contributed by atoms with Crippen molar-refractivity contribution in [3.05, 3.63) is 59.2 Å². The minimum Gasteiger partial charge on any atom is -0.480 e. The van der Waals surface area contributed by atoms with Crippen molar-refractivity contribution in [2.45, 2.75) is 102 Å². The number of aryl methyl sites for hydroxylation is 1. The first-order valence-electron chi connectivity index (χ1n) is 18.8. The normalized spacial score (nSPS) is 17.6. The number of rotatable bonds is 17. The molecule has 1 amide bonds. The molecule has 4 rings (SSSR count). The Hall–Kier alpha value is -2.09. The Morgan fingerprint density at radius 1 is 1.08 bits per heavy atom. The Morgan fingerprint density at radius 2 is 1.79 bits per heavy atom. The van der Waals surface area contributed by atoms with Crippen molar-refractivity contribution < 1.29 is 27.9 Å². The first-order valence-corrected chi connectivity index (χ1v) is 22.6. The van der Waals surface area contributed by atoms with E-state index in [4.69, 9.17) is 4.74 Å². The van der Waals surface area contributed by atoms with Crippen LogP contribution in [0.25, 0.3) is 11.1 Å². The molecule has 2 fully saturated rings. The zero-order valence-corrected chi connectivity index (χ0v) is 34.9. The third-order valence-electron chi connectivity index (χ3n) is 9.47. The van der Waals surface area contributed by atoms with E-state index in [0.717, 1.165) is 72.3 Å². The highest BCUT2D eigenvalue weighted by molar-refractivity contribution is 7.99. The van der Waals surface area contributed by atoms with E-state index in [-0.39, 0.29) is 12.2 Å². The van der Waals surface area contributed by atoms with Crippen LogP contribution >= 0.6 is 24.4 Å². The summed E-state index contributed by atoms with van der Waals surface area (Å²) in [7, 11) is 0.348. The summed E-state index contributed by atoms with van der Waals surface area (Å²) in [6.45, 7) is 9.96. The van der Waals surface area contributed by atoms with Gasteiger partial charge in [-0.2, -0.15) is 24.4 Å². The quantitative estimate of drug-likeness (QED) is 0.124. The maximum absolute atomic E-state index is 13.2. The van der Waals surface area contributed by atoms with Crippen molar-refractivity contribution in [1.82, 2.24) is 15.5 Å². The third-order valence-corrected chi connectivity index (χ3v) is 12.3. The summed E-state index contributed by atoms with van der Waals surface area (Å²) in [5, 5.41) is 16.0. The van der Waals surface area contributed by atoms with Crippen molar-refractivity contribution >= 4 is 46.1 Å². The monoisotopic (exact) mass is 779 g/mol.